The number of rotatable bonds is 3. The zero-order valence-corrected chi connectivity index (χ0v) is 12.3. The first-order chi connectivity index (χ1) is 10.1. The first kappa shape index (κ1) is 14.9. The minimum Gasteiger partial charge on any atom is -0.386 e. The highest BCUT2D eigenvalue weighted by Crippen LogP contribution is 2.45. The zero-order valence-electron chi connectivity index (χ0n) is 12.3. The van der Waals surface area contributed by atoms with Gasteiger partial charge < -0.3 is 5.11 Å². The van der Waals surface area contributed by atoms with Crippen LogP contribution in [0.5, 0.6) is 0 Å². The number of benzene rings is 1. The summed E-state index contributed by atoms with van der Waals surface area (Å²) in [6, 6.07) is 3.41. The summed E-state index contributed by atoms with van der Waals surface area (Å²) < 4.78 is 27.0. The molecule has 21 heavy (non-hydrogen) atoms. The predicted molar refractivity (Wildman–Crippen MR) is 77.9 cm³/mol. The lowest BCUT2D eigenvalue weighted by molar-refractivity contribution is -0.0407. The number of hydrogen-bond acceptors (Lipinski definition) is 2. The molecule has 1 atom stereocenters. The van der Waals surface area contributed by atoms with Gasteiger partial charge in [-0.2, -0.15) is 0 Å². The third kappa shape index (κ3) is 2.84. The molecule has 0 amide bonds. The molecule has 1 heterocycles. The molecule has 0 bridgehead atoms. The van der Waals surface area contributed by atoms with Crippen molar-refractivity contribution < 1.29 is 13.9 Å². The quantitative estimate of drug-likeness (QED) is 0.917. The van der Waals surface area contributed by atoms with Crippen molar-refractivity contribution in [2.75, 3.05) is 13.1 Å². The molecule has 0 aromatic heterocycles. The van der Waals surface area contributed by atoms with E-state index in [9.17, 15) is 13.9 Å². The highest BCUT2D eigenvalue weighted by molar-refractivity contribution is 5.24. The second-order valence-electron chi connectivity index (χ2n) is 6.46. The van der Waals surface area contributed by atoms with E-state index in [1.165, 1.54) is 18.6 Å². The Bertz CT molecular complexity index is 473. The Balaban J connectivity index is 1.92. The summed E-state index contributed by atoms with van der Waals surface area (Å²) in [5, 5.41) is 10.9. The van der Waals surface area contributed by atoms with Crippen LogP contribution in [0, 0.1) is 11.6 Å². The fraction of sp³-hybridized carbons (Fsp3) is 0.647. The standard InChI is InChI=1S/C17H23F2NO/c18-14-10-13(11-15(19)12-14)16(21)17(6-2-3-7-17)20-8-4-1-5-9-20/h10-12,16,21H,1-9H2. The Morgan fingerprint density at radius 2 is 1.48 bits per heavy atom. The Hall–Kier alpha value is -1.00. The van der Waals surface area contributed by atoms with E-state index in [0.29, 0.717) is 5.56 Å². The Labute approximate surface area is 124 Å². The van der Waals surface area contributed by atoms with Crippen LogP contribution in [0.15, 0.2) is 18.2 Å². The molecule has 4 heteroatoms. The van der Waals surface area contributed by atoms with Crippen molar-refractivity contribution in [1.29, 1.82) is 0 Å². The summed E-state index contributed by atoms with van der Waals surface area (Å²) >= 11 is 0. The van der Waals surface area contributed by atoms with Crippen molar-refractivity contribution in [2.45, 2.75) is 56.6 Å². The highest BCUT2D eigenvalue weighted by Gasteiger charge is 2.46. The Morgan fingerprint density at radius 3 is 2.05 bits per heavy atom. The summed E-state index contributed by atoms with van der Waals surface area (Å²) in [6.45, 7) is 1.96. The van der Waals surface area contributed by atoms with Crippen LogP contribution in [0.4, 0.5) is 8.78 Å². The Morgan fingerprint density at radius 1 is 0.905 bits per heavy atom. The number of aliphatic hydroxyl groups excluding tert-OH is 1. The van der Waals surface area contributed by atoms with Gasteiger partial charge in [0.1, 0.15) is 11.6 Å². The lowest BCUT2D eigenvalue weighted by Crippen LogP contribution is -2.53. The molecule has 116 valence electrons. The van der Waals surface area contributed by atoms with Gasteiger partial charge in [-0.1, -0.05) is 19.3 Å². The fourth-order valence-corrected chi connectivity index (χ4v) is 4.13. The minimum absolute atomic E-state index is 0.333. The van der Waals surface area contributed by atoms with Crippen LogP contribution in [-0.4, -0.2) is 28.6 Å². The molecule has 0 radical (unpaired) electrons. The van der Waals surface area contributed by atoms with E-state index in [2.05, 4.69) is 4.90 Å². The van der Waals surface area contributed by atoms with E-state index < -0.39 is 17.7 Å². The molecule has 0 spiro atoms. The van der Waals surface area contributed by atoms with Gasteiger partial charge in [-0.25, -0.2) is 8.78 Å². The van der Waals surface area contributed by atoms with Crippen LogP contribution < -0.4 is 0 Å². The zero-order chi connectivity index (χ0) is 14.9. The van der Waals surface area contributed by atoms with Crippen LogP contribution in [-0.2, 0) is 0 Å². The molecule has 1 N–H and O–H groups in total. The van der Waals surface area contributed by atoms with Gasteiger partial charge in [0.2, 0.25) is 0 Å². The summed E-state index contributed by atoms with van der Waals surface area (Å²) in [5.74, 6) is -1.23. The average molecular weight is 295 g/mol. The van der Waals surface area contributed by atoms with Crippen molar-refractivity contribution in [1.82, 2.24) is 4.90 Å². The molecule has 1 unspecified atom stereocenters. The van der Waals surface area contributed by atoms with Crippen LogP contribution >= 0.6 is 0 Å². The summed E-state index contributed by atoms with van der Waals surface area (Å²) in [6.07, 6.45) is 6.67. The number of nitrogens with zero attached hydrogens (tertiary/aromatic N) is 1. The summed E-state index contributed by atoms with van der Waals surface area (Å²) in [5.41, 5.74) is 0.0423. The van der Waals surface area contributed by atoms with Crippen LogP contribution in [0.3, 0.4) is 0 Å². The molecule has 1 aliphatic heterocycles. The van der Waals surface area contributed by atoms with Crippen molar-refractivity contribution in [3.8, 4) is 0 Å². The average Bonchev–Trinajstić information content (AvgIpc) is 2.97. The SMILES string of the molecule is OC(c1cc(F)cc(F)c1)C1(N2CCCCC2)CCCC1. The first-order valence-corrected chi connectivity index (χ1v) is 8.01. The van der Waals surface area contributed by atoms with E-state index >= 15 is 0 Å². The van der Waals surface area contributed by atoms with Crippen LogP contribution in [0.2, 0.25) is 0 Å². The van der Waals surface area contributed by atoms with Gasteiger partial charge in [0.15, 0.2) is 0 Å². The van der Waals surface area contributed by atoms with Crippen molar-refractivity contribution in [3.63, 3.8) is 0 Å². The number of hydrogen-bond donors (Lipinski definition) is 1. The van der Waals surface area contributed by atoms with E-state index in [1.54, 1.807) is 0 Å². The number of likely N-dealkylation sites (tertiary alicyclic amines) is 1. The molecule has 1 saturated carbocycles. The number of aliphatic hydroxyl groups is 1. The maximum absolute atomic E-state index is 13.5. The topological polar surface area (TPSA) is 23.5 Å². The number of halogens is 2. The molecular weight excluding hydrogens is 272 g/mol. The third-order valence-electron chi connectivity index (χ3n) is 5.16. The summed E-state index contributed by atoms with van der Waals surface area (Å²) in [4.78, 5) is 2.37. The molecule has 2 fully saturated rings. The molecule has 1 aromatic carbocycles. The normalized spacial score (nSPS) is 24.1. The van der Waals surface area contributed by atoms with Gasteiger partial charge >= 0.3 is 0 Å². The molecule has 1 aliphatic carbocycles. The van der Waals surface area contributed by atoms with Gasteiger partial charge in [0.25, 0.3) is 0 Å². The smallest absolute Gasteiger partial charge is 0.126 e. The molecule has 1 saturated heterocycles. The van der Waals surface area contributed by atoms with E-state index in [1.807, 2.05) is 0 Å². The number of piperidine rings is 1. The van der Waals surface area contributed by atoms with E-state index in [-0.39, 0.29) is 5.54 Å². The van der Waals surface area contributed by atoms with Gasteiger partial charge in [0.05, 0.1) is 11.6 Å². The van der Waals surface area contributed by atoms with Gasteiger partial charge in [0, 0.05) is 6.07 Å². The third-order valence-corrected chi connectivity index (χ3v) is 5.16. The first-order valence-electron chi connectivity index (χ1n) is 8.01. The second kappa shape index (κ2) is 6.01. The van der Waals surface area contributed by atoms with Crippen molar-refractivity contribution in [3.05, 3.63) is 35.4 Å². The van der Waals surface area contributed by atoms with E-state index in [4.69, 9.17) is 0 Å². The maximum atomic E-state index is 13.5. The Kier molecular flexibility index (Phi) is 4.27. The van der Waals surface area contributed by atoms with Crippen LogP contribution in [0.1, 0.15) is 56.6 Å². The van der Waals surface area contributed by atoms with Gasteiger partial charge in [-0.05, 0) is 56.5 Å². The second-order valence-corrected chi connectivity index (χ2v) is 6.46. The fourth-order valence-electron chi connectivity index (χ4n) is 4.13. The largest absolute Gasteiger partial charge is 0.386 e. The monoisotopic (exact) mass is 295 g/mol. The molecule has 3 rings (SSSR count). The van der Waals surface area contributed by atoms with Crippen molar-refractivity contribution in [2.24, 2.45) is 0 Å². The maximum Gasteiger partial charge on any atom is 0.126 e. The van der Waals surface area contributed by atoms with Crippen LogP contribution in [0.25, 0.3) is 0 Å². The lowest BCUT2D eigenvalue weighted by Gasteiger charge is -2.46. The van der Waals surface area contributed by atoms with E-state index in [0.717, 1.165) is 57.7 Å². The molecule has 2 nitrogen and oxygen atoms in total. The lowest BCUT2D eigenvalue weighted by atomic mass is 9.82. The predicted octanol–water partition coefficient (Wildman–Crippen LogP) is 3.80. The van der Waals surface area contributed by atoms with Gasteiger partial charge in [-0.15, -0.1) is 0 Å². The summed E-state index contributed by atoms with van der Waals surface area (Å²) in [7, 11) is 0. The van der Waals surface area contributed by atoms with Crippen molar-refractivity contribution >= 4 is 0 Å². The molecule has 2 aliphatic rings. The molecule has 1 aromatic rings. The molecular formula is C17H23F2NO. The highest BCUT2D eigenvalue weighted by atomic mass is 19.1. The minimum atomic E-state index is -0.816. The van der Waals surface area contributed by atoms with Gasteiger partial charge in [-0.3, -0.25) is 4.90 Å².